The Labute approximate surface area is 61.8 Å². The lowest BCUT2D eigenvalue weighted by atomic mass is 10.9. The zero-order valence-corrected chi connectivity index (χ0v) is 9.44. The van der Waals surface area contributed by atoms with Gasteiger partial charge in [-0.2, -0.15) is 0 Å². The third-order valence-electron chi connectivity index (χ3n) is 1.03. The van der Waals surface area contributed by atoms with E-state index in [-0.39, 0.29) is 9.52 Å². The first-order valence-electron chi connectivity index (χ1n) is 3.70. The van der Waals surface area contributed by atoms with Crippen LogP contribution < -0.4 is 0 Å². The highest BCUT2D eigenvalue weighted by Crippen LogP contribution is 2.02. The molecule has 0 aliphatic rings. The van der Waals surface area contributed by atoms with Gasteiger partial charge in [0.2, 0.25) is 0 Å². The molecule has 0 aliphatic carbocycles. The largest absolute Gasteiger partial charge is 0.418 e. The molecule has 0 aliphatic heterocycles. The topological polar surface area (TPSA) is 9.23 Å². The third-order valence-corrected chi connectivity index (χ3v) is 3.10. The number of hydrogen-bond donors (Lipinski definition) is 0. The number of hydrogen-bond acceptors (Lipinski definition) is 1. The average molecular weight is 162 g/mol. The molecule has 1 nitrogen and oxygen atoms in total. The van der Waals surface area contributed by atoms with E-state index >= 15 is 0 Å². The second kappa shape index (κ2) is 4.25. The fourth-order valence-corrected chi connectivity index (χ4v) is 2.00. The molecule has 0 rings (SSSR count). The van der Waals surface area contributed by atoms with Crippen LogP contribution in [0.25, 0.3) is 0 Å². The molecule has 3 heteroatoms. The van der Waals surface area contributed by atoms with Crippen LogP contribution in [0.1, 0.15) is 0 Å². The van der Waals surface area contributed by atoms with Crippen molar-refractivity contribution in [3.05, 3.63) is 0 Å². The van der Waals surface area contributed by atoms with Crippen molar-refractivity contribution in [2.24, 2.45) is 0 Å². The highest BCUT2D eigenvalue weighted by molar-refractivity contribution is 6.69. The van der Waals surface area contributed by atoms with E-state index in [0.717, 1.165) is 6.61 Å². The summed E-state index contributed by atoms with van der Waals surface area (Å²) in [5, 5.41) is 0. The molecule has 0 aromatic heterocycles. The van der Waals surface area contributed by atoms with Crippen LogP contribution in [0.15, 0.2) is 0 Å². The van der Waals surface area contributed by atoms with Crippen molar-refractivity contribution in [2.45, 2.75) is 32.2 Å². The van der Waals surface area contributed by atoms with Crippen molar-refractivity contribution in [3.8, 4) is 0 Å². The molecule has 0 atom stereocenters. The lowest BCUT2D eigenvalue weighted by Crippen LogP contribution is -2.25. The summed E-state index contributed by atoms with van der Waals surface area (Å²) in [6.07, 6.45) is 0. The van der Waals surface area contributed by atoms with Crippen LogP contribution in [-0.2, 0) is 4.43 Å². The fraction of sp³-hybridized carbons (Fsp3) is 1.00. The maximum absolute atomic E-state index is 5.64. The van der Waals surface area contributed by atoms with Crippen LogP contribution in [0.2, 0.25) is 32.2 Å². The predicted octanol–water partition coefficient (Wildman–Crippen LogP) is 1.47. The van der Waals surface area contributed by atoms with Gasteiger partial charge in [0.25, 0.3) is 0 Å². The molecule has 0 unspecified atom stereocenters. The molecule has 0 saturated heterocycles. The van der Waals surface area contributed by atoms with Crippen molar-refractivity contribution in [2.75, 3.05) is 6.61 Å². The molecule has 0 amide bonds. The second-order valence-electron chi connectivity index (χ2n) is 3.31. The summed E-state index contributed by atoms with van der Waals surface area (Å²) in [4.78, 5) is 0. The molecule has 56 valence electrons. The zero-order valence-electron chi connectivity index (χ0n) is 7.03. The van der Waals surface area contributed by atoms with E-state index in [1.165, 1.54) is 6.04 Å². The standard InChI is InChI=1S/C6H18OSi2/c1-8-6-5-7-9(2,3)4/h5-6,8H2,1-4H3. The Balaban J connectivity index is 3.07. The summed E-state index contributed by atoms with van der Waals surface area (Å²) in [7, 11) is -0.930. The van der Waals surface area contributed by atoms with Gasteiger partial charge in [0.05, 0.1) is 0 Å². The van der Waals surface area contributed by atoms with E-state index in [1.54, 1.807) is 0 Å². The van der Waals surface area contributed by atoms with E-state index in [4.69, 9.17) is 4.43 Å². The molecular formula is C6H18OSi2. The summed E-state index contributed by atoms with van der Waals surface area (Å²) in [5.41, 5.74) is 0. The van der Waals surface area contributed by atoms with E-state index in [1.807, 2.05) is 0 Å². The highest BCUT2D eigenvalue weighted by atomic mass is 28.4. The molecule has 0 bridgehead atoms. The Morgan fingerprint density at radius 2 is 1.89 bits per heavy atom. The average Bonchev–Trinajstić information content (AvgIpc) is 1.63. The zero-order chi connectivity index (χ0) is 7.33. The Morgan fingerprint density at radius 1 is 1.33 bits per heavy atom. The first kappa shape index (κ1) is 9.39. The van der Waals surface area contributed by atoms with Crippen LogP contribution in [0.5, 0.6) is 0 Å². The quantitative estimate of drug-likeness (QED) is 0.449. The third kappa shape index (κ3) is 8.39. The van der Waals surface area contributed by atoms with Crippen LogP contribution in [-0.4, -0.2) is 24.4 Å². The van der Waals surface area contributed by atoms with Gasteiger partial charge in [0, 0.05) is 16.1 Å². The van der Waals surface area contributed by atoms with Gasteiger partial charge in [0.15, 0.2) is 8.32 Å². The summed E-state index contributed by atoms with van der Waals surface area (Å²) in [6.45, 7) is 10.1. The predicted molar refractivity (Wildman–Crippen MR) is 48.5 cm³/mol. The summed E-state index contributed by atoms with van der Waals surface area (Å²) >= 11 is 0. The molecular weight excluding hydrogens is 144 g/mol. The monoisotopic (exact) mass is 162 g/mol. The molecule has 0 aromatic rings. The molecule has 0 heterocycles. The van der Waals surface area contributed by atoms with Gasteiger partial charge in [-0.1, -0.05) is 6.55 Å². The van der Waals surface area contributed by atoms with Crippen molar-refractivity contribution < 1.29 is 4.43 Å². The molecule has 9 heavy (non-hydrogen) atoms. The van der Waals surface area contributed by atoms with Gasteiger partial charge in [-0.3, -0.25) is 0 Å². The van der Waals surface area contributed by atoms with Crippen LogP contribution >= 0.6 is 0 Å². The number of rotatable bonds is 4. The van der Waals surface area contributed by atoms with Crippen LogP contribution in [0, 0.1) is 0 Å². The van der Waals surface area contributed by atoms with E-state index in [0.29, 0.717) is 0 Å². The maximum atomic E-state index is 5.64. The van der Waals surface area contributed by atoms with Gasteiger partial charge < -0.3 is 4.43 Å². The smallest absolute Gasteiger partial charge is 0.183 e. The molecule has 0 N–H and O–H groups in total. The lowest BCUT2D eigenvalue weighted by molar-refractivity contribution is 0.334. The maximum Gasteiger partial charge on any atom is 0.183 e. The van der Waals surface area contributed by atoms with Crippen LogP contribution in [0.4, 0.5) is 0 Å². The molecule has 0 saturated carbocycles. The molecule has 0 spiro atoms. The molecule has 0 fully saturated rings. The Bertz CT molecular complexity index is 67.9. The minimum absolute atomic E-state index is 0.242. The Morgan fingerprint density at radius 3 is 2.22 bits per heavy atom. The van der Waals surface area contributed by atoms with Gasteiger partial charge in [-0.25, -0.2) is 0 Å². The second-order valence-corrected chi connectivity index (χ2v) is 9.53. The van der Waals surface area contributed by atoms with Crippen molar-refractivity contribution in [1.29, 1.82) is 0 Å². The first-order valence-corrected chi connectivity index (χ1v) is 9.52. The first-order chi connectivity index (χ1) is 4.06. The van der Waals surface area contributed by atoms with Gasteiger partial charge in [0.1, 0.15) is 0 Å². The van der Waals surface area contributed by atoms with E-state index < -0.39 is 8.32 Å². The van der Waals surface area contributed by atoms with Crippen LogP contribution in [0.3, 0.4) is 0 Å². The molecule has 0 aromatic carbocycles. The van der Waals surface area contributed by atoms with Crippen molar-refractivity contribution in [1.82, 2.24) is 0 Å². The lowest BCUT2D eigenvalue weighted by Gasteiger charge is -2.16. The normalized spacial score (nSPS) is 13.3. The van der Waals surface area contributed by atoms with E-state index in [2.05, 4.69) is 26.2 Å². The fourth-order valence-electron chi connectivity index (χ4n) is 0.523. The minimum Gasteiger partial charge on any atom is -0.418 e. The summed E-state index contributed by atoms with van der Waals surface area (Å²) < 4.78 is 5.64. The minimum atomic E-state index is -1.17. The molecule has 0 radical (unpaired) electrons. The SMILES string of the molecule is C[SiH2]CCO[Si](C)(C)C. The van der Waals surface area contributed by atoms with Crippen molar-refractivity contribution in [3.63, 3.8) is 0 Å². The Hall–Kier alpha value is 0.394. The van der Waals surface area contributed by atoms with Gasteiger partial charge in [-0.15, -0.1) is 0 Å². The Kier molecular flexibility index (Phi) is 4.43. The van der Waals surface area contributed by atoms with Crippen molar-refractivity contribution >= 4 is 17.8 Å². The van der Waals surface area contributed by atoms with Gasteiger partial charge >= 0.3 is 0 Å². The van der Waals surface area contributed by atoms with E-state index in [9.17, 15) is 0 Å². The highest BCUT2D eigenvalue weighted by Gasteiger charge is 2.12. The summed E-state index contributed by atoms with van der Waals surface area (Å²) in [5.74, 6) is 0. The summed E-state index contributed by atoms with van der Waals surface area (Å²) in [6, 6.07) is 1.35. The van der Waals surface area contributed by atoms with Gasteiger partial charge in [-0.05, 0) is 25.7 Å².